The molecule has 0 amide bonds. The van der Waals surface area contributed by atoms with Gasteiger partial charge in [0, 0.05) is 25.4 Å². The first-order valence-electron chi connectivity index (χ1n) is 6.77. The molecule has 0 spiro atoms. The lowest BCUT2D eigenvalue weighted by Crippen LogP contribution is -2.41. The van der Waals surface area contributed by atoms with Gasteiger partial charge in [-0.1, -0.05) is 18.2 Å². The molecule has 2 aliphatic heterocycles. The van der Waals surface area contributed by atoms with Crippen molar-refractivity contribution in [1.29, 1.82) is 0 Å². The van der Waals surface area contributed by atoms with E-state index in [-0.39, 0.29) is 12.0 Å². The maximum Gasteiger partial charge on any atom is 0.124 e. The van der Waals surface area contributed by atoms with E-state index in [4.69, 9.17) is 4.74 Å². The molecule has 1 fully saturated rings. The van der Waals surface area contributed by atoms with Crippen LogP contribution in [0.5, 0.6) is 5.75 Å². The van der Waals surface area contributed by atoms with Crippen molar-refractivity contribution in [2.24, 2.45) is 5.92 Å². The van der Waals surface area contributed by atoms with Gasteiger partial charge in [-0.25, -0.2) is 0 Å². The largest absolute Gasteiger partial charge is 0.488 e. The van der Waals surface area contributed by atoms with Crippen LogP contribution in [0.15, 0.2) is 24.3 Å². The summed E-state index contributed by atoms with van der Waals surface area (Å²) in [5.41, 5.74) is 1.31. The highest BCUT2D eigenvalue weighted by atomic mass is 16.5. The molecular weight excluding hydrogens is 226 g/mol. The number of rotatable bonds is 3. The topological polar surface area (TPSA) is 29.5 Å². The number of piperidine rings is 1. The van der Waals surface area contributed by atoms with Gasteiger partial charge in [0.05, 0.1) is 0 Å². The molecule has 2 aliphatic rings. The second kappa shape index (κ2) is 5.11. The summed E-state index contributed by atoms with van der Waals surface area (Å²) in [5, 5.41) is 0. The number of carbonyl (C=O) groups excluding carboxylic acids is 1. The average molecular weight is 245 g/mol. The van der Waals surface area contributed by atoms with E-state index in [1.807, 2.05) is 12.1 Å². The van der Waals surface area contributed by atoms with E-state index in [0.717, 1.165) is 50.9 Å². The van der Waals surface area contributed by atoms with Crippen LogP contribution in [-0.2, 0) is 11.2 Å². The van der Waals surface area contributed by atoms with Gasteiger partial charge in [-0.2, -0.15) is 0 Å². The van der Waals surface area contributed by atoms with E-state index in [0.29, 0.717) is 0 Å². The summed E-state index contributed by atoms with van der Waals surface area (Å²) < 4.78 is 5.95. The summed E-state index contributed by atoms with van der Waals surface area (Å²) in [6.45, 7) is 2.94. The van der Waals surface area contributed by atoms with Crippen LogP contribution in [0.25, 0.3) is 0 Å². The fraction of sp³-hybridized carbons (Fsp3) is 0.533. The maximum absolute atomic E-state index is 10.9. The smallest absolute Gasteiger partial charge is 0.124 e. The molecule has 2 heterocycles. The molecule has 2 atom stereocenters. The maximum atomic E-state index is 10.9. The van der Waals surface area contributed by atoms with Crippen LogP contribution in [0, 0.1) is 5.92 Å². The first-order valence-corrected chi connectivity index (χ1v) is 6.77. The molecular formula is C15H19NO2. The number of carbonyl (C=O) groups is 1. The lowest BCUT2D eigenvalue weighted by molar-refractivity contribution is -0.112. The van der Waals surface area contributed by atoms with Gasteiger partial charge < -0.3 is 9.53 Å². The molecule has 0 saturated carbocycles. The number of para-hydroxylation sites is 1. The summed E-state index contributed by atoms with van der Waals surface area (Å²) in [7, 11) is 0. The van der Waals surface area contributed by atoms with Gasteiger partial charge in [-0.05, 0) is 31.0 Å². The van der Waals surface area contributed by atoms with E-state index < -0.39 is 0 Å². The Bertz CT molecular complexity index is 407. The van der Waals surface area contributed by atoms with E-state index in [2.05, 4.69) is 17.0 Å². The third kappa shape index (κ3) is 2.41. The van der Waals surface area contributed by atoms with Gasteiger partial charge in [0.15, 0.2) is 0 Å². The minimum Gasteiger partial charge on any atom is -0.488 e. The zero-order chi connectivity index (χ0) is 12.4. The van der Waals surface area contributed by atoms with Crippen LogP contribution in [0.3, 0.4) is 0 Å². The Labute approximate surface area is 108 Å². The third-order valence-electron chi connectivity index (χ3n) is 3.91. The minimum atomic E-state index is 0.225. The normalized spacial score (nSPS) is 27.6. The number of benzene rings is 1. The Morgan fingerprint density at radius 3 is 3.11 bits per heavy atom. The van der Waals surface area contributed by atoms with Crippen LogP contribution < -0.4 is 4.74 Å². The number of fused-ring (bicyclic) bond motifs is 1. The van der Waals surface area contributed by atoms with Crippen molar-refractivity contribution in [1.82, 2.24) is 4.90 Å². The molecule has 0 aromatic heterocycles. The fourth-order valence-corrected chi connectivity index (χ4v) is 3.01. The zero-order valence-corrected chi connectivity index (χ0v) is 10.5. The van der Waals surface area contributed by atoms with Crippen molar-refractivity contribution in [3.8, 4) is 5.75 Å². The van der Waals surface area contributed by atoms with Crippen molar-refractivity contribution >= 4 is 6.29 Å². The zero-order valence-electron chi connectivity index (χ0n) is 10.5. The highest BCUT2D eigenvalue weighted by molar-refractivity contribution is 5.53. The monoisotopic (exact) mass is 245 g/mol. The highest BCUT2D eigenvalue weighted by Crippen LogP contribution is 2.29. The van der Waals surface area contributed by atoms with Crippen LogP contribution in [0.1, 0.15) is 18.4 Å². The summed E-state index contributed by atoms with van der Waals surface area (Å²) >= 11 is 0. The summed E-state index contributed by atoms with van der Waals surface area (Å²) in [6.07, 6.45) is 4.54. The van der Waals surface area contributed by atoms with Gasteiger partial charge >= 0.3 is 0 Å². The number of hydrogen-bond acceptors (Lipinski definition) is 3. The highest BCUT2D eigenvalue weighted by Gasteiger charge is 2.27. The molecule has 0 N–H and O–H groups in total. The molecule has 3 rings (SSSR count). The first-order chi connectivity index (χ1) is 8.85. The molecule has 1 aromatic carbocycles. The number of ether oxygens (including phenoxy) is 1. The van der Waals surface area contributed by atoms with Crippen LogP contribution >= 0.6 is 0 Å². The second-order valence-corrected chi connectivity index (χ2v) is 5.35. The SMILES string of the molecule is O=CC1CCCN(CC2Cc3ccccc3O2)C1. The Morgan fingerprint density at radius 1 is 1.39 bits per heavy atom. The number of nitrogens with zero attached hydrogens (tertiary/aromatic N) is 1. The first kappa shape index (κ1) is 11.7. The fourth-order valence-electron chi connectivity index (χ4n) is 3.01. The Kier molecular flexibility index (Phi) is 3.33. The van der Waals surface area contributed by atoms with Gasteiger partial charge in [0.1, 0.15) is 18.1 Å². The van der Waals surface area contributed by atoms with Crippen molar-refractivity contribution in [2.75, 3.05) is 19.6 Å². The minimum absolute atomic E-state index is 0.225. The molecule has 0 radical (unpaired) electrons. The average Bonchev–Trinajstić information content (AvgIpc) is 2.81. The quantitative estimate of drug-likeness (QED) is 0.762. The van der Waals surface area contributed by atoms with Crippen molar-refractivity contribution in [3.05, 3.63) is 29.8 Å². The molecule has 0 bridgehead atoms. The lowest BCUT2D eigenvalue weighted by atomic mass is 9.99. The predicted molar refractivity (Wildman–Crippen MR) is 69.8 cm³/mol. The van der Waals surface area contributed by atoms with Crippen LogP contribution in [-0.4, -0.2) is 36.9 Å². The molecule has 3 nitrogen and oxygen atoms in total. The summed E-state index contributed by atoms with van der Waals surface area (Å²) in [4.78, 5) is 13.2. The number of likely N-dealkylation sites (tertiary alicyclic amines) is 1. The third-order valence-corrected chi connectivity index (χ3v) is 3.91. The molecule has 2 unspecified atom stereocenters. The van der Waals surface area contributed by atoms with Crippen molar-refractivity contribution < 1.29 is 9.53 Å². The van der Waals surface area contributed by atoms with Crippen molar-refractivity contribution in [2.45, 2.75) is 25.4 Å². The summed E-state index contributed by atoms with van der Waals surface area (Å²) in [6, 6.07) is 8.26. The van der Waals surface area contributed by atoms with E-state index in [1.54, 1.807) is 0 Å². The van der Waals surface area contributed by atoms with Crippen LogP contribution in [0.4, 0.5) is 0 Å². The molecule has 1 aromatic rings. The lowest BCUT2D eigenvalue weighted by Gasteiger charge is -2.31. The molecule has 18 heavy (non-hydrogen) atoms. The Balaban J connectivity index is 1.57. The molecule has 3 heteroatoms. The molecule has 0 aliphatic carbocycles. The Hall–Kier alpha value is -1.35. The van der Waals surface area contributed by atoms with E-state index in [9.17, 15) is 4.79 Å². The van der Waals surface area contributed by atoms with Crippen molar-refractivity contribution in [3.63, 3.8) is 0 Å². The van der Waals surface area contributed by atoms with Gasteiger partial charge in [0.25, 0.3) is 0 Å². The van der Waals surface area contributed by atoms with E-state index in [1.165, 1.54) is 5.56 Å². The number of hydrogen-bond donors (Lipinski definition) is 0. The van der Waals surface area contributed by atoms with Gasteiger partial charge in [-0.3, -0.25) is 4.90 Å². The number of aldehydes is 1. The van der Waals surface area contributed by atoms with Crippen LogP contribution in [0.2, 0.25) is 0 Å². The molecule has 1 saturated heterocycles. The van der Waals surface area contributed by atoms with Gasteiger partial charge in [0.2, 0.25) is 0 Å². The molecule has 96 valence electrons. The Morgan fingerprint density at radius 2 is 2.28 bits per heavy atom. The van der Waals surface area contributed by atoms with Gasteiger partial charge in [-0.15, -0.1) is 0 Å². The predicted octanol–water partition coefficient (Wildman–Crippen LogP) is 1.90. The second-order valence-electron chi connectivity index (χ2n) is 5.35. The van der Waals surface area contributed by atoms with E-state index >= 15 is 0 Å². The summed E-state index contributed by atoms with van der Waals surface area (Å²) in [5.74, 6) is 1.26. The standard InChI is InChI=1S/C15H19NO2/c17-11-12-4-3-7-16(9-12)10-14-8-13-5-1-2-6-15(13)18-14/h1-2,5-6,11-12,14H,3-4,7-10H2.